The normalized spacial score (nSPS) is 11.4. The smallest absolute Gasteiger partial charge is 0.335 e. The minimum Gasteiger partial charge on any atom is -0.478 e. The maximum Gasteiger partial charge on any atom is 0.335 e. The minimum atomic E-state index is -3.58. The number of benzene rings is 1. The molecule has 0 bridgehead atoms. The fourth-order valence-corrected chi connectivity index (χ4v) is 2.43. The van der Waals surface area contributed by atoms with Crippen LogP contribution in [0.4, 0.5) is 5.82 Å². The van der Waals surface area contributed by atoms with Gasteiger partial charge in [0.15, 0.2) is 5.82 Å². The van der Waals surface area contributed by atoms with E-state index in [0.29, 0.717) is 5.69 Å². The van der Waals surface area contributed by atoms with Gasteiger partial charge < -0.3 is 10.8 Å². The van der Waals surface area contributed by atoms with E-state index in [1.165, 1.54) is 25.1 Å². The zero-order valence-electron chi connectivity index (χ0n) is 10.5. The van der Waals surface area contributed by atoms with Crippen LogP contribution in [-0.4, -0.2) is 40.2 Å². The number of nitrogen functional groups attached to an aromatic ring is 1. The van der Waals surface area contributed by atoms with Gasteiger partial charge in [0, 0.05) is 0 Å². The highest BCUT2D eigenvalue weighted by Crippen LogP contribution is 2.20. The van der Waals surface area contributed by atoms with E-state index in [2.05, 4.69) is 10.3 Å². The van der Waals surface area contributed by atoms with Crippen molar-refractivity contribution in [2.24, 2.45) is 0 Å². The van der Waals surface area contributed by atoms with Crippen molar-refractivity contribution < 1.29 is 18.3 Å². The largest absolute Gasteiger partial charge is 0.478 e. The predicted octanol–water partition coefficient (Wildman–Crippen LogP) is 0.341. The lowest BCUT2D eigenvalue weighted by Gasteiger charge is -2.04. The molecule has 0 fully saturated rings. The van der Waals surface area contributed by atoms with Crippen molar-refractivity contribution in [1.29, 1.82) is 0 Å². The highest BCUT2D eigenvalue weighted by Gasteiger charge is 2.23. The van der Waals surface area contributed by atoms with Crippen molar-refractivity contribution in [1.82, 2.24) is 15.0 Å². The zero-order valence-corrected chi connectivity index (χ0v) is 11.3. The van der Waals surface area contributed by atoms with Crippen LogP contribution in [0.5, 0.6) is 0 Å². The summed E-state index contributed by atoms with van der Waals surface area (Å²) < 4.78 is 24.6. The fraction of sp³-hybridized carbons (Fsp3) is 0.182. The third-order valence-corrected chi connectivity index (χ3v) is 4.32. The minimum absolute atomic E-state index is 0.0392. The maximum absolute atomic E-state index is 11.8. The molecule has 1 aromatic carbocycles. The first-order chi connectivity index (χ1) is 9.36. The van der Waals surface area contributed by atoms with Crippen LogP contribution >= 0.6 is 0 Å². The average Bonchev–Trinajstić information content (AvgIpc) is 2.81. The Morgan fingerprint density at radius 2 is 2.15 bits per heavy atom. The molecule has 1 aromatic heterocycles. The molecule has 106 valence electrons. The number of nitrogens with two attached hydrogens (primary N) is 1. The fourth-order valence-electron chi connectivity index (χ4n) is 1.59. The number of anilines is 1. The molecule has 9 heteroatoms. The number of rotatable bonds is 4. The SMILES string of the molecule is CCS(=O)(=O)c1nnn(-c2cccc(C(=O)O)c2)c1N. The second-order valence-corrected chi connectivity index (χ2v) is 6.14. The van der Waals surface area contributed by atoms with Crippen LogP contribution in [0.1, 0.15) is 17.3 Å². The Balaban J connectivity index is 2.56. The van der Waals surface area contributed by atoms with Gasteiger partial charge in [-0.15, -0.1) is 5.10 Å². The molecule has 0 saturated heterocycles. The third-order valence-electron chi connectivity index (χ3n) is 2.68. The molecule has 2 rings (SSSR count). The maximum atomic E-state index is 11.8. The molecule has 0 atom stereocenters. The molecule has 0 aliphatic carbocycles. The number of carboxylic acids is 1. The lowest BCUT2D eigenvalue weighted by atomic mass is 10.2. The predicted molar refractivity (Wildman–Crippen MR) is 70.5 cm³/mol. The Morgan fingerprint density at radius 3 is 2.75 bits per heavy atom. The molecule has 8 nitrogen and oxygen atoms in total. The van der Waals surface area contributed by atoms with Gasteiger partial charge in [0.2, 0.25) is 14.9 Å². The van der Waals surface area contributed by atoms with Gasteiger partial charge in [0.05, 0.1) is 17.0 Å². The Labute approximate surface area is 114 Å². The van der Waals surface area contributed by atoms with Gasteiger partial charge in [0.1, 0.15) is 0 Å². The Kier molecular flexibility index (Phi) is 3.45. The number of hydrogen-bond donors (Lipinski definition) is 2. The van der Waals surface area contributed by atoms with Crippen molar-refractivity contribution in [3.05, 3.63) is 29.8 Å². The Bertz CT molecular complexity index is 766. The quantitative estimate of drug-likeness (QED) is 0.832. The molecule has 0 spiro atoms. The highest BCUT2D eigenvalue weighted by molar-refractivity contribution is 7.91. The van der Waals surface area contributed by atoms with Crippen LogP contribution in [0.3, 0.4) is 0 Å². The van der Waals surface area contributed by atoms with Crippen LogP contribution in [-0.2, 0) is 9.84 Å². The van der Waals surface area contributed by atoms with E-state index in [-0.39, 0.29) is 22.2 Å². The number of carboxylic acid groups (broad SMARTS) is 1. The van der Waals surface area contributed by atoms with Crippen molar-refractivity contribution in [2.75, 3.05) is 11.5 Å². The summed E-state index contributed by atoms with van der Waals surface area (Å²) >= 11 is 0. The molecule has 0 radical (unpaired) electrons. The first-order valence-electron chi connectivity index (χ1n) is 5.64. The number of hydrogen-bond acceptors (Lipinski definition) is 6. The summed E-state index contributed by atoms with van der Waals surface area (Å²) in [6.45, 7) is 1.47. The second-order valence-electron chi connectivity index (χ2n) is 3.95. The van der Waals surface area contributed by atoms with E-state index in [0.717, 1.165) is 4.68 Å². The molecule has 0 unspecified atom stereocenters. The van der Waals surface area contributed by atoms with E-state index in [1.807, 2.05) is 0 Å². The number of aromatic nitrogens is 3. The van der Waals surface area contributed by atoms with Crippen LogP contribution in [0.15, 0.2) is 29.3 Å². The molecule has 20 heavy (non-hydrogen) atoms. The van der Waals surface area contributed by atoms with Gasteiger partial charge in [-0.05, 0) is 18.2 Å². The molecule has 1 heterocycles. The molecule has 2 aromatic rings. The first-order valence-corrected chi connectivity index (χ1v) is 7.29. The number of carbonyl (C=O) groups is 1. The summed E-state index contributed by atoms with van der Waals surface area (Å²) in [5.74, 6) is -1.40. The van der Waals surface area contributed by atoms with Crippen molar-refractivity contribution >= 4 is 21.6 Å². The van der Waals surface area contributed by atoms with E-state index < -0.39 is 15.8 Å². The molecule has 0 amide bonds. The number of nitrogens with zero attached hydrogens (tertiary/aromatic N) is 3. The molecule has 3 N–H and O–H groups in total. The molecule has 0 aliphatic rings. The molecular formula is C11H12N4O4S. The molecular weight excluding hydrogens is 284 g/mol. The number of aromatic carboxylic acids is 1. The van der Waals surface area contributed by atoms with Crippen LogP contribution < -0.4 is 5.73 Å². The Hall–Kier alpha value is -2.42. The summed E-state index contributed by atoms with van der Waals surface area (Å²) in [4.78, 5) is 10.9. The topological polar surface area (TPSA) is 128 Å². The van der Waals surface area contributed by atoms with Crippen LogP contribution in [0.2, 0.25) is 0 Å². The van der Waals surface area contributed by atoms with Gasteiger partial charge in [0.25, 0.3) is 0 Å². The highest BCUT2D eigenvalue weighted by atomic mass is 32.2. The third kappa shape index (κ3) is 2.35. The zero-order chi connectivity index (χ0) is 14.9. The summed E-state index contributed by atoms with van der Waals surface area (Å²) in [6, 6.07) is 5.80. The first kappa shape index (κ1) is 14.0. The van der Waals surface area contributed by atoms with Crippen molar-refractivity contribution in [3.8, 4) is 5.69 Å². The van der Waals surface area contributed by atoms with Crippen molar-refractivity contribution in [2.45, 2.75) is 11.9 Å². The monoisotopic (exact) mass is 296 g/mol. The Morgan fingerprint density at radius 1 is 1.45 bits per heavy atom. The summed E-state index contributed by atoms with van der Waals surface area (Å²) in [6.07, 6.45) is 0. The summed E-state index contributed by atoms with van der Waals surface area (Å²) in [7, 11) is -3.58. The molecule has 0 aliphatic heterocycles. The van der Waals surface area contributed by atoms with E-state index in [4.69, 9.17) is 10.8 Å². The van der Waals surface area contributed by atoms with Gasteiger partial charge in [-0.25, -0.2) is 13.2 Å². The van der Waals surface area contributed by atoms with Gasteiger partial charge in [-0.1, -0.05) is 18.2 Å². The second kappa shape index (κ2) is 4.93. The van der Waals surface area contributed by atoms with Gasteiger partial charge >= 0.3 is 5.97 Å². The number of sulfone groups is 1. The molecule has 0 saturated carbocycles. The van der Waals surface area contributed by atoms with E-state index in [1.54, 1.807) is 6.07 Å². The van der Waals surface area contributed by atoms with Crippen LogP contribution in [0.25, 0.3) is 5.69 Å². The van der Waals surface area contributed by atoms with Gasteiger partial charge in [-0.3, -0.25) is 0 Å². The standard InChI is InChI=1S/C11H12N4O4S/c1-2-20(18,19)10-9(12)15(14-13-10)8-5-3-4-7(6-8)11(16)17/h3-6H,2,12H2,1H3,(H,16,17). The van der Waals surface area contributed by atoms with E-state index in [9.17, 15) is 13.2 Å². The lowest BCUT2D eigenvalue weighted by molar-refractivity contribution is 0.0697. The summed E-state index contributed by atoms with van der Waals surface area (Å²) in [5, 5.41) is 15.9. The van der Waals surface area contributed by atoms with Gasteiger partial charge in [-0.2, -0.15) is 4.68 Å². The van der Waals surface area contributed by atoms with Crippen molar-refractivity contribution in [3.63, 3.8) is 0 Å². The average molecular weight is 296 g/mol. The van der Waals surface area contributed by atoms with E-state index >= 15 is 0 Å². The lowest BCUT2D eigenvalue weighted by Crippen LogP contribution is -2.09. The summed E-state index contributed by atoms with van der Waals surface area (Å²) in [5.41, 5.74) is 6.10. The van der Waals surface area contributed by atoms with Crippen LogP contribution in [0, 0.1) is 0 Å².